The van der Waals surface area contributed by atoms with Gasteiger partial charge in [0.25, 0.3) is 0 Å². The van der Waals surface area contributed by atoms with E-state index in [9.17, 15) is 4.79 Å². The Morgan fingerprint density at radius 2 is 2.50 bits per heavy atom. The summed E-state index contributed by atoms with van der Waals surface area (Å²) in [5.41, 5.74) is 0. The molecule has 2 aromatic rings. The molecule has 7 nitrogen and oxygen atoms in total. The van der Waals surface area contributed by atoms with Crippen molar-refractivity contribution in [2.75, 3.05) is 0 Å². The topological polar surface area (TPSA) is 93.8 Å². The van der Waals surface area contributed by atoms with E-state index < -0.39 is 5.97 Å². The van der Waals surface area contributed by atoms with Gasteiger partial charge in [0.2, 0.25) is 5.16 Å². The van der Waals surface area contributed by atoms with Crippen LogP contribution in [0, 0.1) is 0 Å². The summed E-state index contributed by atoms with van der Waals surface area (Å²) >= 11 is 5.88. The first-order chi connectivity index (χ1) is 7.65. The van der Waals surface area contributed by atoms with E-state index in [0.29, 0.717) is 5.16 Å². The SMILES string of the molecule is O=C(O)Cn1nnnc1Sc1nc(Br)cs1. The Morgan fingerprint density at radius 1 is 1.69 bits per heavy atom. The van der Waals surface area contributed by atoms with Gasteiger partial charge in [-0.2, -0.15) is 0 Å². The molecule has 0 aliphatic carbocycles. The van der Waals surface area contributed by atoms with Gasteiger partial charge in [-0.1, -0.05) is 0 Å². The van der Waals surface area contributed by atoms with Crippen LogP contribution in [0.3, 0.4) is 0 Å². The first-order valence-corrected chi connectivity index (χ1v) is 6.41. The molecule has 0 bridgehead atoms. The maximum Gasteiger partial charge on any atom is 0.325 e. The number of rotatable bonds is 4. The average Bonchev–Trinajstić information content (AvgIpc) is 2.77. The zero-order chi connectivity index (χ0) is 11.5. The molecule has 2 aromatic heterocycles. The van der Waals surface area contributed by atoms with Gasteiger partial charge in [0.1, 0.15) is 11.1 Å². The molecule has 0 aliphatic rings. The molecule has 10 heteroatoms. The minimum absolute atomic E-state index is 0.262. The lowest BCUT2D eigenvalue weighted by Crippen LogP contribution is -2.11. The molecule has 0 unspecified atom stereocenters. The van der Waals surface area contributed by atoms with E-state index in [1.807, 2.05) is 5.38 Å². The minimum atomic E-state index is -0.991. The van der Waals surface area contributed by atoms with Crippen molar-refractivity contribution < 1.29 is 9.90 Å². The van der Waals surface area contributed by atoms with Crippen LogP contribution >= 0.6 is 39.0 Å². The van der Waals surface area contributed by atoms with Gasteiger partial charge in [-0.05, 0) is 38.1 Å². The van der Waals surface area contributed by atoms with Crippen LogP contribution in [0.25, 0.3) is 0 Å². The Bertz CT molecular complexity index is 512. The summed E-state index contributed by atoms with van der Waals surface area (Å²) in [5, 5.41) is 21.6. The van der Waals surface area contributed by atoms with Crippen LogP contribution in [-0.4, -0.2) is 36.3 Å². The van der Waals surface area contributed by atoms with Gasteiger partial charge < -0.3 is 5.11 Å². The smallest absolute Gasteiger partial charge is 0.325 e. The predicted octanol–water partition coefficient (Wildman–Crippen LogP) is 1.13. The van der Waals surface area contributed by atoms with Gasteiger partial charge >= 0.3 is 5.97 Å². The molecule has 0 aromatic carbocycles. The van der Waals surface area contributed by atoms with Gasteiger partial charge in [0, 0.05) is 5.38 Å². The highest BCUT2D eigenvalue weighted by Crippen LogP contribution is 2.29. The van der Waals surface area contributed by atoms with Crippen molar-refractivity contribution in [2.45, 2.75) is 16.0 Å². The van der Waals surface area contributed by atoms with Crippen LogP contribution in [0.1, 0.15) is 0 Å². The lowest BCUT2D eigenvalue weighted by atomic mass is 10.7. The van der Waals surface area contributed by atoms with Crippen molar-refractivity contribution in [1.82, 2.24) is 25.2 Å². The molecule has 84 valence electrons. The molecule has 1 N–H and O–H groups in total. The molecule has 0 aliphatic heterocycles. The number of tetrazole rings is 1. The Balaban J connectivity index is 2.15. The molecule has 0 fully saturated rings. The Kier molecular flexibility index (Phi) is 3.51. The number of aliphatic carboxylic acids is 1. The van der Waals surface area contributed by atoms with Crippen molar-refractivity contribution in [3.63, 3.8) is 0 Å². The Morgan fingerprint density at radius 3 is 3.12 bits per heavy atom. The highest BCUT2D eigenvalue weighted by atomic mass is 79.9. The molecule has 2 rings (SSSR count). The highest BCUT2D eigenvalue weighted by molar-refractivity contribution is 9.10. The summed E-state index contributed by atoms with van der Waals surface area (Å²) < 4.78 is 2.69. The van der Waals surface area contributed by atoms with Crippen LogP contribution in [0.15, 0.2) is 19.5 Å². The molecule has 0 atom stereocenters. The molecule has 0 saturated carbocycles. The monoisotopic (exact) mass is 321 g/mol. The van der Waals surface area contributed by atoms with Crippen molar-refractivity contribution >= 4 is 45.0 Å². The van der Waals surface area contributed by atoms with E-state index in [4.69, 9.17) is 5.11 Å². The van der Waals surface area contributed by atoms with Crippen LogP contribution in [0.2, 0.25) is 0 Å². The van der Waals surface area contributed by atoms with E-state index in [2.05, 4.69) is 36.4 Å². The second-order valence-electron chi connectivity index (χ2n) is 2.55. The quantitative estimate of drug-likeness (QED) is 0.901. The third-order valence-corrected chi connectivity index (χ3v) is 4.04. The van der Waals surface area contributed by atoms with E-state index in [0.717, 1.165) is 8.94 Å². The lowest BCUT2D eigenvalue weighted by molar-refractivity contribution is -0.138. The van der Waals surface area contributed by atoms with Gasteiger partial charge in [0.15, 0.2) is 4.34 Å². The molecule has 2 heterocycles. The van der Waals surface area contributed by atoms with Crippen molar-refractivity contribution in [1.29, 1.82) is 0 Å². The van der Waals surface area contributed by atoms with Gasteiger partial charge in [-0.15, -0.1) is 16.4 Å². The van der Waals surface area contributed by atoms with Crippen LogP contribution < -0.4 is 0 Å². The second kappa shape index (κ2) is 4.89. The number of carbonyl (C=O) groups is 1. The first kappa shape index (κ1) is 11.5. The number of carboxylic acids is 1. The first-order valence-electron chi connectivity index (χ1n) is 3.92. The van der Waals surface area contributed by atoms with E-state index in [1.54, 1.807) is 0 Å². The summed E-state index contributed by atoms with van der Waals surface area (Å²) in [4.78, 5) is 14.7. The summed E-state index contributed by atoms with van der Waals surface area (Å²) in [7, 11) is 0. The zero-order valence-corrected chi connectivity index (χ0v) is 10.8. The fourth-order valence-electron chi connectivity index (χ4n) is 0.861. The zero-order valence-electron chi connectivity index (χ0n) is 7.57. The number of aromatic nitrogens is 5. The third kappa shape index (κ3) is 2.77. The van der Waals surface area contributed by atoms with Gasteiger partial charge in [-0.3, -0.25) is 4.79 Å². The van der Waals surface area contributed by atoms with Crippen molar-refractivity contribution in [2.24, 2.45) is 0 Å². The van der Waals surface area contributed by atoms with Crippen molar-refractivity contribution in [3.05, 3.63) is 9.98 Å². The summed E-state index contributed by atoms with van der Waals surface area (Å²) in [6.07, 6.45) is 0. The summed E-state index contributed by atoms with van der Waals surface area (Å²) in [6, 6.07) is 0. The number of carboxylic acid groups (broad SMARTS) is 1. The molecule has 0 amide bonds. The Labute approximate surface area is 106 Å². The molecular weight excluding hydrogens is 318 g/mol. The second-order valence-corrected chi connectivity index (χ2v) is 5.44. The highest BCUT2D eigenvalue weighted by Gasteiger charge is 2.12. The maximum atomic E-state index is 10.5. The number of hydrogen-bond donors (Lipinski definition) is 1. The average molecular weight is 322 g/mol. The van der Waals surface area contributed by atoms with E-state index >= 15 is 0 Å². The normalized spacial score (nSPS) is 10.6. The molecule has 0 radical (unpaired) electrons. The number of nitrogens with zero attached hydrogens (tertiary/aromatic N) is 5. The van der Waals surface area contributed by atoms with Gasteiger partial charge in [0.05, 0.1) is 0 Å². The largest absolute Gasteiger partial charge is 0.480 e. The predicted molar refractivity (Wildman–Crippen MR) is 59.4 cm³/mol. The van der Waals surface area contributed by atoms with Crippen LogP contribution in [0.5, 0.6) is 0 Å². The fraction of sp³-hybridized carbons (Fsp3) is 0.167. The number of halogens is 1. The number of hydrogen-bond acceptors (Lipinski definition) is 7. The maximum absolute atomic E-state index is 10.5. The molecule has 0 spiro atoms. The van der Waals surface area contributed by atoms with Crippen LogP contribution in [0.4, 0.5) is 0 Å². The van der Waals surface area contributed by atoms with E-state index in [1.165, 1.54) is 27.8 Å². The minimum Gasteiger partial charge on any atom is -0.480 e. The van der Waals surface area contributed by atoms with Crippen LogP contribution in [-0.2, 0) is 11.3 Å². The molecular formula is C6H4BrN5O2S2. The summed E-state index contributed by atoms with van der Waals surface area (Å²) in [5.74, 6) is -0.991. The molecule has 0 saturated heterocycles. The Hall–Kier alpha value is -1.000. The van der Waals surface area contributed by atoms with Crippen molar-refractivity contribution in [3.8, 4) is 0 Å². The standard InChI is InChI=1S/C6H4BrN5O2S2/c7-3-2-15-6(8-3)16-5-9-10-11-12(5)1-4(13)14/h2H,1H2,(H,13,14). The summed E-state index contributed by atoms with van der Waals surface area (Å²) in [6.45, 7) is -0.262. The molecule has 16 heavy (non-hydrogen) atoms. The fourth-order valence-corrected chi connectivity index (χ4v) is 3.10. The number of thiazole rings is 1. The lowest BCUT2D eigenvalue weighted by Gasteiger charge is -1.97. The van der Waals surface area contributed by atoms with Gasteiger partial charge in [-0.25, -0.2) is 9.67 Å². The third-order valence-electron chi connectivity index (χ3n) is 1.42. The van der Waals surface area contributed by atoms with E-state index in [-0.39, 0.29) is 6.54 Å².